The standard InChI is InChI=1S/C60H117N2O6P/c1-6-8-10-12-14-16-18-20-22-24-26-28-29-30-31-32-34-35-37-39-41-43-45-47-49-51-53-59(63)58(57-68-69(65,66)67-56-55-62(3,4)5)61-60(64)54-52-50-48-46-44-42-40-38-36-33-27-25-23-21-19-17-15-13-11-9-7-2/h19,21,25,27,36,38,58-59,63H,6-18,20,22-24,26,28-35,37,39-57H2,1-5H3,(H-,61,64,65,66)/p+1/b21-19-,27-25-,38-36-. The quantitative estimate of drug-likeness (QED) is 0.0243. The number of amides is 1. The van der Waals surface area contributed by atoms with Gasteiger partial charge in [0.05, 0.1) is 39.9 Å². The molecule has 1 amide bonds. The lowest BCUT2D eigenvalue weighted by Crippen LogP contribution is -2.46. The number of nitrogens with one attached hydrogen (secondary N) is 1. The summed E-state index contributed by atoms with van der Waals surface area (Å²) < 4.78 is 23.8. The number of hydrogen-bond acceptors (Lipinski definition) is 5. The first-order valence-electron chi connectivity index (χ1n) is 29.9. The molecule has 69 heavy (non-hydrogen) atoms. The Bertz CT molecular complexity index is 1220. The largest absolute Gasteiger partial charge is 0.472 e. The van der Waals surface area contributed by atoms with Crippen LogP contribution < -0.4 is 5.32 Å². The fourth-order valence-electron chi connectivity index (χ4n) is 8.94. The number of unbranched alkanes of at least 4 members (excludes halogenated alkanes) is 36. The van der Waals surface area contributed by atoms with Gasteiger partial charge in [0.25, 0.3) is 0 Å². The average Bonchev–Trinajstić information content (AvgIpc) is 3.31. The van der Waals surface area contributed by atoms with Crippen LogP contribution >= 0.6 is 7.82 Å². The Morgan fingerprint density at radius 2 is 0.826 bits per heavy atom. The van der Waals surface area contributed by atoms with Crippen molar-refractivity contribution in [1.29, 1.82) is 0 Å². The molecule has 0 bridgehead atoms. The van der Waals surface area contributed by atoms with E-state index < -0.39 is 20.0 Å². The molecule has 0 spiro atoms. The monoisotopic (exact) mass is 994 g/mol. The van der Waals surface area contributed by atoms with Crippen LogP contribution in [0, 0.1) is 0 Å². The number of aliphatic hydroxyl groups excluding tert-OH is 1. The number of nitrogens with zero attached hydrogens (tertiary/aromatic N) is 1. The molecule has 9 heteroatoms. The van der Waals surface area contributed by atoms with Crippen molar-refractivity contribution < 1.29 is 32.9 Å². The van der Waals surface area contributed by atoms with E-state index in [0.29, 0.717) is 23.9 Å². The smallest absolute Gasteiger partial charge is 0.391 e. The maximum Gasteiger partial charge on any atom is 0.472 e. The maximum atomic E-state index is 13.0. The average molecular weight is 995 g/mol. The van der Waals surface area contributed by atoms with Gasteiger partial charge in [0.1, 0.15) is 13.2 Å². The molecule has 0 aromatic heterocycles. The molecule has 0 aromatic carbocycles. The van der Waals surface area contributed by atoms with E-state index in [9.17, 15) is 19.4 Å². The van der Waals surface area contributed by atoms with E-state index in [1.165, 1.54) is 199 Å². The topological polar surface area (TPSA) is 105 Å². The van der Waals surface area contributed by atoms with Crippen molar-refractivity contribution in [3.05, 3.63) is 36.5 Å². The molecule has 408 valence electrons. The fraction of sp³-hybridized carbons (Fsp3) is 0.883. The van der Waals surface area contributed by atoms with Crippen LogP contribution in [0.1, 0.15) is 290 Å². The molecule has 0 aliphatic carbocycles. The van der Waals surface area contributed by atoms with Crippen molar-refractivity contribution in [2.75, 3.05) is 40.9 Å². The summed E-state index contributed by atoms with van der Waals surface area (Å²) in [4.78, 5) is 23.3. The number of phosphoric acid groups is 1. The van der Waals surface area contributed by atoms with Crippen LogP contribution in [0.2, 0.25) is 0 Å². The van der Waals surface area contributed by atoms with Gasteiger partial charge in [-0.05, 0) is 51.4 Å². The van der Waals surface area contributed by atoms with Gasteiger partial charge < -0.3 is 19.8 Å². The van der Waals surface area contributed by atoms with Gasteiger partial charge in [0.15, 0.2) is 0 Å². The summed E-state index contributed by atoms with van der Waals surface area (Å²) in [5.74, 6) is -0.153. The molecule has 3 atom stereocenters. The molecular weight excluding hydrogens is 876 g/mol. The Kier molecular flexibility index (Phi) is 50.7. The lowest BCUT2D eigenvalue weighted by molar-refractivity contribution is -0.870. The number of aliphatic hydroxyl groups is 1. The normalized spacial score (nSPS) is 14.1. The second-order valence-corrected chi connectivity index (χ2v) is 23.2. The lowest BCUT2D eigenvalue weighted by atomic mass is 10.0. The zero-order chi connectivity index (χ0) is 50.6. The van der Waals surface area contributed by atoms with Crippen molar-refractivity contribution in [3.8, 4) is 0 Å². The molecule has 0 fully saturated rings. The molecule has 3 unspecified atom stereocenters. The summed E-state index contributed by atoms with van der Waals surface area (Å²) in [6, 6.07) is -0.769. The van der Waals surface area contributed by atoms with Crippen molar-refractivity contribution in [1.82, 2.24) is 5.32 Å². The van der Waals surface area contributed by atoms with E-state index in [-0.39, 0.29) is 19.1 Å². The molecule has 0 radical (unpaired) electrons. The molecule has 0 aromatic rings. The number of rotatable bonds is 55. The minimum absolute atomic E-state index is 0.0718. The van der Waals surface area contributed by atoms with Crippen LogP contribution in [0.3, 0.4) is 0 Å². The van der Waals surface area contributed by atoms with Crippen LogP contribution in [0.4, 0.5) is 0 Å². The summed E-state index contributed by atoms with van der Waals surface area (Å²) in [7, 11) is 1.61. The van der Waals surface area contributed by atoms with Gasteiger partial charge >= 0.3 is 7.82 Å². The summed E-state index contributed by atoms with van der Waals surface area (Å²) in [5, 5.41) is 14.1. The maximum absolute atomic E-state index is 13.0. The first-order chi connectivity index (χ1) is 33.5. The third kappa shape index (κ3) is 54.3. The Morgan fingerprint density at radius 1 is 0.493 bits per heavy atom. The molecular formula is C60H118N2O6P+. The fourth-order valence-corrected chi connectivity index (χ4v) is 9.67. The second-order valence-electron chi connectivity index (χ2n) is 21.7. The van der Waals surface area contributed by atoms with Gasteiger partial charge in [0, 0.05) is 6.42 Å². The highest BCUT2D eigenvalue weighted by Crippen LogP contribution is 2.43. The van der Waals surface area contributed by atoms with Crippen molar-refractivity contribution in [2.24, 2.45) is 0 Å². The van der Waals surface area contributed by atoms with Crippen molar-refractivity contribution >= 4 is 13.7 Å². The second kappa shape index (κ2) is 51.6. The number of carbonyl (C=O) groups is 1. The summed E-state index contributed by atoms with van der Waals surface area (Å²) in [6.45, 7) is 4.90. The number of likely N-dealkylation sites (N-methyl/N-ethyl adjacent to an activating group) is 1. The number of hydrogen-bond donors (Lipinski definition) is 3. The molecule has 3 N–H and O–H groups in total. The van der Waals surface area contributed by atoms with E-state index in [1.807, 2.05) is 21.1 Å². The summed E-state index contributed by atoms with van der Waals surface area (Å²) >= 11 is 0. The molecule has 0 aliphatic heterocycles. The van der Waals surface area contributed by atoms with Crippen LogP contribution in [-0.4, -0.2) is 73.4 Å². The van der Waals surface area contributed by atoms with E-state index in [1.54, 1.807) is 0 Å². The Morgan fingerprint density at radius 3 is 1.20 bits per heavy atom. The highest BCUT2D eigenvalue weighted by molar-refractivity contribution is 7.47. The number of phosphoric ester groups is 1. The van der Waals surface area contributed by atoms with Gasteiger partial charge in [-0.1, -0.05) is 269 Å². The van der Waals surface area contributed by atoms with Crippen LogP contribution in [0.5, 0.6) is 0 Å². The third-order valence-electron chi connectivity index (χ3n) is 13.6. The first-order valence-corrected chi connectivity index (χ1v) is 31.3. The van der Waals surface area contributed by atoms with E-state index in [4.69, 9.17) is 9.05 Å². The van der Waals surface area contributed by atoms with Gasteiger partial charge in [-0.3, -0.25) is 13.8 Å². The predicted molar refractivity (Wildman–Crippen MR) is 300 cm³/mol. The van der Waals surface area contributed by atoms with Gasteiger partial charge in [-0.15, -0.1) is 0 Å². The highest BCUT2D eigenvalue weighted by atomic mass is 31.2. The third-order valence-corrected chi connectivity index (χ3v) is 14.6. The highest BCUT2D eigenvalue weighted by Gasteiger charge is 2.28. The summed E-state index contributed by atoms with van der Waals surface area (Å²) in [5.41, 5.74) is 0. The van der Waals surface area contributed by atoms with E-state index in [2.05, 4.69) is 55.6 Å². The molecule has 0 heterocycles. The predicted octanol–water partition coefficient (Wildman–Crippen LogP) is 18.2. The van der Waals surface area contributed by atoms with Crippen LogP contribution in [-0.2, 0) is 18.4 Å². The zero-order valence-electron chi connectivity index (χ0n) is 46.6. The Hall–Kier alpha value is -1.28. The molecule has 0 saturated heterocycles. The zero-order valence-corrected chi connectivity index (χ0v) is 47.5. The molecule has 0 saturated carbocycles. The van der Waals surface area contributed by atoms with Crippen molar-refractivity contribution in [3.63, 3.8) is 0 Å². The summed E-state index contributed by atoms with van der Waals surface area (Å²) in [6.07, 6.45) is 66.3. The number of quaternary nitrogens is 1. The first kappa shape index (κ1) is 67.7. The van der Waals surface area contributed by atoms with Crippen molar-refractivity contribution in [2.45, 2.75) is 302 Å². The SMILES string of the molecule is CCCCCCC/C=C\C/C=C\C/C=C\CCCCCCCCC(=O)NC(COP(=O)(O)OCC[N+](C)(C)C)C(O)CCCCCCCCCCCCCCCCCCCCCCCCCCCC. The Labute approximate surface area is 429 Å². The van der Waals surface area contributed by atoms with E-state index in [0.717, 1.165) is 64.2 Å². The number of allylic oxidation sites excluding steroid dienone is 6. The van der Waals surface area contributed by atoms with Crippen LogP contribution in [0.25, 0.3) is 0 Å². The van der Waals surface area contributed by atoms with E-state index >= 15 is 0 Å². The van der Waals surface area contributed by atoms with Crippen LogP contribution in [0.15, 0.2) is 36.5 Å². The lowest BCUT2D eigenvalue weighted by Gasteiger charge is -2.26. The number of carbonyl (C=O) groups excluding carboxylic acids is 1. The molecule has 0 aliphatic rings. The Balaban J connectivity index is 4.16. The minimum Gasteiger partial charge on any atom is -0.391 e. The molecule has 8 nitrogen and oxygen atoms in total. The van der Waals surface area contributed by atoms with Gasteiger partial charge in [0.2, 0.25) is 5.91 Å². The van der Waals surface area contributed by atoms with Gasteiger partial charge in [-0.2, -0.15) is 0 Å². The van der Waals surface area contributed by atoms with Gasteiger partial charge in [-0.25, -0.2) is 4.57 Å². The minimum atomic E-state index is -4.33. The molecule has 0 rings (SSSR count).